The molecule has 4 N–H and O–H groups in total. The Morgan fingerprint density at radius 1 is 1.11 bits per heavy atom. The van der Waals surface area contributed by atoms with Crippen molar-refractivity contribution in [2.45, 2.75) is 51.2 Å². The van der Waals surface area contributed by atoms with Gasteiger partial charge in [-0.25, -0.2) is 15.0 Å². The number of nitrogens with two attached hydrogens (primary N) is 1. The zero-order valence-corrected chi connectivity index (χ0v) is 26.0. The molecule has 3 unspecified atom stereocenters. The Morgan fingerprint density at radius 2 is 1.93 bits per heavy atom. The first-order chi connectivity index (χ1) is 22.2. The Kier molecular flexibility index (Phi) is 6.54. The number of nitrogens with zero attached hydrogens (tertiary/aromatic N) is 6. The average molecular weight is 621 g/mol. The fourth-order valence-electron chi connectivity index (χ4n) is 7.34. The molecule has 46 heavy (non-hydrogen) atoms. The van der Waals surface area contributed by atoms with E-state index in [0.717, 1.165) is 60.3 Å². The number of pyridine rings is 2. The fourth-order valence-corrected chi connectivity index (χ4v) is 7.34. The molecular weight excluding hydrogens is 584 g/mol. The Bertz CT molecular complexity index is 2060. The van der Waals surface area contributed by atoms with E-state index in [9.17, 15) is 14.7 Å². The summed E-state index contributed by atoms with van der Waals surface area (Å²) < 4.78 is 10.1. The zero-order valence-electron chi connectivity index (χ0n) is 26.0. The molecule has 3 fully saturated rings. The molecule has 0 spiro atoms. The number of aromatic hydroxyl groups is 1. The van der Waals surface area contributed by atoms with Crippen molar-refractivity contribution >= 4 is 39.7 Å². The summed E-state index contributed by atoms with van der Waals surface area (Å²) in [5.41, 5.74) is 11.5. The van der Waals surface area contributed by atoms with Gasteiger partial charge in [-0.1, -0.05) is 0 Å². The van der Waals surface area contributed by atoms with Crippen molar-refractivity contribution in [2.24, 2.45) is 24.6 Å². The third kappa shape index (κ3) is 4.58. The van der Waals surface area contributed by atoms with Gasteiger partial charge in [0.05, 0.1) is 24.0 Å². The van der Waals surface area contributed by atoms with Gasteiger partial charge in [-0.2, -0.15) is 0 Å². The average Bonchev–Trinajstić information content (AvgIpc) is 3.45. The van der Waals surface area contributed by atoms with E-state index in [0.29, 0.717) is 46.5 Å². The number of fused-ring (bicyclic) bond motifs is 4. The minimum Gasteiger partial charge on any atom is -0.504 e. The van der Waals surface area contributed by atoms with Crippen molar-refractivity contribution in [2.75, 3.05) is 19.0 Å². The van der Waals surface area contributed by atoms with Crippen LogP contribution in [-0.4, -0.2) is 71.6 Å². The molecular formula is C34H36N8O4. The Labute approximate surface area is 265 Å². The standard InChI is InChI=1S/C34H36N8O4/c1-17(43)37-31-27(44)12-22(14-36-31)23-8-6-19-11-26(41(32(19)38-23)15-18-4-5-18)33-39-24-10-21(13-28(46-3)30(24)40(33)2)34(45)42-16-20-7-9-25(42)29(20)35/h6,8,10-14,18,20,25,29,44H,4-5,7,9,15-16,35H2,1-3H3,(H,36,37,43). The number of anilines is 1. The monoisotopic (exact) mass is 620 g/mol. The number of amides is 2. The van der Waals surface area contributed by atoms with Crippen LogP contribution in [0.1, 0.15) is 43.0 Å². The number of hydrogen-bond donors (Lipinski definition) is 3. The minimum absolute atomic E-state index is 0.0275. The first kappa shape index (κ1) is 28.5. The van der Waals surface area contributed by atoms with E-state index < -0.39 is 0 Å². The van der Waals surface area contributed by atoms with E-state index in [1.54, 1.807) is 19.4 Å². The van der Waals surface area contributed by atoms with Crippen LogP contribution in [-0.2, 0) is 18.4 Å². The number of carbonyl (C=O) groups is 2. The number of nitrogens with one attached hydrogen (secondary N) is 1. The number of methoxy groups -OCH3 is 1. The molecule has 12 nitrogen and oxygen atoms in total. The first-order valence-electron chi connectivity index (χ1n) is 15.8. The number of likely N-dealkylation sites (tertiary alicyclic amines) is 1. The highest BCUT2D eigenvalue weighted by molar-refractivity contribution is 6.00. The molecule has 5 aromatic rings. The highest BCUT2D eigenvalue weighted by atomic mass is 16.5. The topological polar surface area (TPSA) is 153 Å². The summed E-state index contributed by atoms with van der Waals surface area (Å²) in [4.78, 5) is 41.5. The molecule has 0 radical (unpaired) electrons. The number of benzene rings is 1. The summed E-state index contributed by atoms with van der Waals surface area (Å²) in [6, 6.07) is 11.4. The molecule has 5 heterocycles. The van der Waals surface area contributed by atoms with Crippen molar-refractivity contribution in [3.8, 4) is 34.3 Å². The predicted octanol–water partition coefficient (Wildman–Crippen LogP) is 4.30. The number of carbonyl (C=O) groups excluding carboxylic acids is 2. The molecule has 3 atom stereocenters. The number of ether oxygens (including phenoxy) is 1. The van der Waals surface area contributed by atoms with Gasteiger partial charge in [-0.15, -0.1) is 0 Å². The Balaban J connectivity index is 1.21. The van der Waals surface area contributed by atoms with Crippen molar-refractivity contribution < 1.29 is 19.4 Å². The van der Waals surface area contributed by atoms with Gasteiger partial charge >= 0.3 is 0 Å². The second-order valence-electron chi connectivity index (χ2n) is 12.9. The third-order valence-electron chi connectivity index (χ3n) is 9.88. The number of rotatable bonds is 7. The second-order valence-corrected chi connectivity index (χ2v) is 12.9. The fraction of sp³-hybridized carbons (Fsp3) is 0.382. The number of piperidine rings is 1. The highest BCUT2D eigenvalue weighted by Crippen LogP contribution is 2.40. The normalized spacial score (nSPS) is 20.6. The third-order valence-corrected chi connectivity index (χ3v) is 9.88. The van der Waals surface area contributed by atoms with E-state index in [4.69, 9.17) is 20.4 Å². The van der Waals surface area contributed by atoms with Gasteiger partial charge in [0.25, 0.3) is 5.91 Å². The van der Waals surface area contributed by atoms with E-state index in [1.165, 1.54) is 6.92 Å². The van der Waals surface area contributed by atoms with E-state index in [1.807, 2.05) is 40.8 Å². The molecule has 2 amide bonds. The molecule has 12 heteroatoms. The summed E-state index contributed by atoms with van der Waals surface area (Å²) in [5, 5.41) is 14.0. The lowest BCUT2D eigenvalue weighted by Crippen LogP contribution is -2.41. The first-order valence-corrected chi connectivity index (χ1v) is 15.8. The molecule has 4 aromatic heterocycles. The lowest BCUT2D eigenvalue weighted by Gasteiger charge is -2.27. The van der Waals surface area contributed by atoms with E-state index in [-0.39, 0.29) is 35.5 Å². The van der Waals surface area contributed by atoms with Crippen LogP contribution in [0.25, 0.3) is 44.8 Å². The van der Waals surface area contributed by atoms with Crippen molar-refractivity contribution in [1.82, 2.24) is 29.0 Å². The molecule has 2 bridgehead atoms. The molecule has 2 saturated carbocycles. The summed E-state index contributed by atoms with van der Waals surface area (Å²) >= 11 is 0. The molecule has 1 saturated heterocycles. The van der Waals surface area contributed by atoms with Gasteiger partial charge < -0.3 is 34.9 Å². The maximum Gasteiger partial charge on any atom is 0.254 e. The molecule has 3 aliphatic rings. The minimum atomic E-state index is -0.314. The quantitative estimate of drug-likeness (QED) is 0.244. The van der Waals surface area contributed by atoms with Gasteiger partial charge in [0.1, 0.15) is 16.9 Å². The van der Waals surface area contributed by atoms with Gasteiger partial charge in [0, 0.05) is 61.9 Å². The lowest BCUT2D eigenvalue weighted by molar-refractivity contribution is -0.114. The van der Waals surface area contributed by atoms with Crippen LogP contribution in [0.4, 0.5) is 5.82 Å². The number of aromatic nitrogens is 5. The summed E-state index contributed by atoms with van der Waals surface area (Å²) in [6.07, 6.45) is 5.94. The van der Waals surface area contributed by atoms with Crippen molar-refractivity contribution in [3.63, 3.8) is 0 Å². The molecule has 1 aliphatic heterocycles. The maximum atomic E-state index is 13.7. The van der Waals surface area contributed by atoms with Gasteiger partial charge in [-0.05, 0) is 73.9 Å². The van der Waals surface area contributed by atoms with Gasteiger partial charge in [0.2, 0.25) is 5.91 Å². The number of imidazole rings is 1. The largest absolute Gasteiger partial charge is 0.504 e. The van der Waals surface area contributed by atoms with Crippen LogP contribution in [0.3, 0.4) is 0 Å². The van der Waals surface area contributed by atoms with Crippen LogP contribution in [0.2, 0.25) is 0 Å². The lowest BCUT2D eigenvalue weighted by atomic mass is 10.1. The number of hydrogen-bond acceptors (Lipinski definition) is 8. The van der Waals surface area contributed by atoms with Crippen molar-refractivity contribution in [1.29, 1.82) is 0 Å². The van der Waals surface area contributed by atoms with Gasteiger partial charge in [-0.3, -0.25) is 9.59 Å². The van der Waals surface area contributed by atoms with Crippen LogP contribution in [0.15, 0.2) is 42.6 Å². The van der Waals surface area contributed by atoms with Crippen LogP contribution in [0.5, 0.6) is 11.5 Å². The molecule has 1 aromatic carbocycles. The molecule has 236 valence electrons. The van der Waals surface area contributed by atoms with Crippen LogP contribution < -0.4 is 15.8 Å². The summed E-state index contributed by atoms with van der Waals surface area (Å²) in [5.74, 6) is 1.90. The van der Waals surface area contributed by atoms with Gasteiger partial charge in [0.15, 0.2) is 17.4 Å². The van der Waals surface area contributed by atoms with Crippen molar-refractivity contribution in [3.05, 3.63) is 48.2 Å². The Morgan fingerprint density at radius 3 is 2.61 bits per heavy atom. The number of aryl methyl sites for hydroxylation is 1. The molecule has 8 rings (SSSR count). The smallest absolute Gasteiger partial charge is 0.254 e. The maximum absolute atomic E-state index is 13.7. The summed E-state index contributed by atoms with van der Waals surface area (Å²) in [6.45, 7) is 2.86. The van der Waals surface area contributed by atoms with E-state index in [2.05, 4.69) is 20.9 Å². The highest BCUT2D eigenvalue weighted by Gasteiger charge is 2.47. The zero-order chi connectivity index (χ0) is 31.9. The SMILES string of the molecule is COc1cc(C(=O)N2CC3CCC2C3N)cc2nc(-c3cc4ccc(-c5cnc(NC(C)=O)c(O)c5)nc4n3CC3CC3)n(C)c12. The molecule has 2 aliphatic carbocycles. The second kappa shape index (κ2) is 10.5. The van der Waals surface area contributed by atoms with Crippen LogP contribution in [0, 0.1) is 11.8 Å². The summed E-state index contributed by atoms with van der Waals surface area (Å²) in [7, 11) is 3.59. The predicted molar refractivity (Wildman–Crippen MR) is 173 cm³/mol. The van der Waals surface area contributed by atoms with Crippen LogP contribution >= 0.6 is 0 Å². The van der Waals surface area contributed by atoms with E-state index >= 15 is 0 Å². The Hall–Kier alpha value is -4.97.